The van der Waals surface area contributed by atoms with Gasteiger partial charge in [0.2, 0.25) is 0 Å². The molecule has 0 bridgehead atoms. The molecule has 0 saturated heterocycles. The SMILES string of the molecule is CNC(=O)C(C(=O)NC)=C(C)NC(=O)OCc1ccc(Cl)c(Cl)c1. The van der Waals surface area contributed by atoms with Gasteiger partial charge in [0.1, 0.15) is 12.2 Å². The molecule has 0 aliphatic carbocycles. The largest absolute Gasteiger partial charge is 0.444 e. The number of carbonyl (C=O) groups excluding carboxylic acids is 3. The van der Waals surface area contributed by atoms with Gasteiger partial charge < -0.3 is 15.4 Å². The number of ether oxygens (including phenoxy) is 1. The number of benzene rings is 1. The first kappa shape index (κ1) is 19.8. The molecular weight excluding hydrogens is 357 g/mol. The molecule has 1 aromatic carbocycles. The molecule has 0 aromatic heterocycles. The van der Waals surface area contributed by atoms with Crippen LogP contribution in [-0.4, -0.2) is 32.0 Å². The second kappa shape index (κ2) is 9.14. The zero-order chi connectivity index (χ0) is 18.3. The zero-order valence-corrected chi connectivity index (χ0v) is 14.8. The van der Waals surface area contributed by atoms with Crippen LogP contribution in [0.5, 0.6) is 0 Å². The summed E-state index contributed by atoms with van der Waals surface area (Å²) >= 11 is 11.7. The molecule has 24 heavy (non-hydrogen) atoms. The number of rotatable bonds is 5. The van der Waals surface area contributed by atoms with Crippen LogP contribution in [0.15, 0.2) is 29.5 Å². The van der Waals surface area contributed by atoms with Crippen molar-refractivity contribution in [3.63, 3.8) is 0 Å². The zero-order valence-electron chi connectivity index (χ0n) is 13.3. The van der Waals surface area contributed by atoms with Crippen molar-refractivity contribution in [2.75, 3.05) is 14.1 Å². The first-order chi connectivity index (χ1) is 11.3. The number of likely N-dealkylation sites (N-methyl/N-ethyl adjacent to an activating group) is 2. The normalized spacial score (nSPS) is 9.71. The summed E-state index contributed by atoms with van der Waals surface area (Å²) in [7, 11) is 2.75. The van der Waals surface area contributed by atoms with Crippen LogP contribution in [0.3, 0.4) is 0 Å². The third-order valence-electron chi connectivity index (χ3n) is 2.93. The van der Waals surface area contributed by atoms with Crippen molar-refractivity contribution in [2.45, 2.75) is 13.5 Å². The third kappa shape index (κ3) is 5.43. The van der Waals surface area contributed by atoms with Crippen LogP contribution >= 0.6 is 23.2 Å². The first-order valence-corrected chi connectivity index (χ1v) is 7.58. The molecule has 3 N–H and O–H groups in total. The lowest BCUT2D eigenvalue weighted by Crippen LogP contribution is -2.35. The van der Waals surface area contributed by atoms with E-state index in [1.807, 2.05) is 0 Å². The smallest absolute Gasteiger partial charge is 0.411 e. The van der Waals surface area contributed by atoms with E-state index >= 15 is 0 Å². The Hall–Kier alpha value is -2.25. The van der Waals surface area contributed by atoms with E-state index in [0.717, 1.165) is 0 Å². The lowest BCUT2D eigenvalue weighted by molar-refractivity contribution is -0.123. The van der Waals surface area contributed by atoms with Crippen LogP contribution in [0.2, 0.25) is 10.0 Å². The van der Waals surface area contributed by atoms with E-state index < -0.39 is 17.9 Å². The second-order valence-corrected chi connectivity index (χ2v) is 5.42. The minimum atomic E-state index is -0.816. The predicted molar refractivity (Wildman–Crippen MR) is 90.6 cm³/mol. The van der Waals surface area contributed by atoms with E-state index in [2.05, 4.69) is 16.0 Å². The van der Waals surface area contributed by atoms with Crippen LogP contribution in [0.1, 0.15) is 12.5 Å². The molecule has 0 saturated carbocycles. The van der Waals surface area contributed by atoms with Gasteiger partial charge in [0.15, 0.2) is 0 Å². The molecule has 0 aliphatic heterocycles. The quantitative estimate of drug-likeness (QED) is 0.417. The Morgan fingerprint density at radius 1 is 1.04 bits per heavy atom. The van der Waals surface area contributed by atoms with Crippen molar-refractivity contribution >= 4 is 41.1 Å². The lowest BCUT2D eigenvalue weighted by Gasteiger charge is -2.12. The molecule has 7 nitrogen and oxygen atoms in total. The monoisotopic (exact) mass is 373 g/mol. The van der Waals surface area contributed by atoms with Gasteiger partial charge in [0.05, 0.1) is 10.0 Å². The van der Waals surface area contributed by atoms with E-state index in [1.54, 1.807) is 18.2 Å². The van der Waals surface area contributed by atoms with E-state index in [1.165, 1.54) is 21.0 Å². The van der Waals surface area contributed by atoms with Crippen molar-refractivity contribution in [1.82, 2.24) is 16.0 Å². The summed E-state index contributed by atoms with van der Waals surface area (Å²) in [6.45, 7) is 1.37. The maximum absolute atomic E-state index is 11.8. The van der Waals surface area contributed by atoms with Crippen molar-refractivity contribution in [3.05, 3.63) is 45.1 Å². The fourth-order valence-corrected chi connectivity index (χ4v) is 2.04. The molecule has 0 heterocycles. The number of hydrogen-bond acceptors (Lipinski definition) is 4. The Balaban J connectivity index is 2.77. The molecule has 0 atom stereocenters. The maximum atomic E-state index is 11.8. The highest BCUT2D eigenvalue weighted by Gasteiger charge is 2.20. The highest BCUT2D eigenvalue weighted by Crippen LogP contribution is 2.22. The van der Waals surface area contributed by atoms with Gasteiger partial charge in [-0.2, -0.15) is 0 Å². The van der Waals surface area contributed by atoms with E-state index in [4.69, 9.17) is 27.9 Å². The van der Waals surface area contributed by atoms with E-state index in [0.29, 0.717) is 15.6 Å². The molecule has 0 radical (unpaired) electrons. The summed E-state index contributed by atoms with van der Waals surface area (Å²) in [6.07, 6.45) is -0.816. The molecule has 130 valence electrons. The molecule has 0 unspecified atom stereocenters. The van der Waals surface area contributed by atoms with Gasteiger partial charge in [-0.15, -0.1) is 0 Å². The molecular formula is C15H17Cl2N3O4. The van der Waals surface area contributed by atoms with Crippen LogP contribution in [0.25, 0.3) is 0 Å². The van der Waals surface area contributed by atoms with Gasteiger partial charge in [-0.05, 0) is 24.6 Å². The van der Waals surface area contributed by atoms with Crippen LogP contribution in [-0.2, 0) is 20.9 Å². The number of nitrogens with one attached hydrogen (secondary N) is 3. The van der Waals surface area contributed by atoms with Crippen molar-refractivity contribution in [3.8, 4) is 0 Å². The fraction of sp³-hybridized carbons (Fsp3) is 0.267. The fourth-order valence-electron chi connectivity index (χ4n) is 1.72. The summed E-state index contributed by atoms with van der Waals surface area (Å²) in [5, 5.41) is 7.73. The molecule has 1 rings (SSSR count). The van der Waals surface area contributed by atoms with Gasteiger partial charge in [0.25, 0.3) is 11.8 Å². The summed E-state index contributed by atoms with van der Waals surface area (Å²) in [5.74, 6) is -1.26. The minimum absolute atomic E-state index is 0.0503. The summed E-state index contributed by atoms with van der Waals surface area (Å²) in [5.41, 5.74) is 0.485. The number of allylic oxidation sites excluding steroid dienone is 1. The Morgan fingerprint density at radius 2 is 1.62 bits per heavy atom. The molecule has 3 amide bonds. The maximum Gasteiger partial charge on any atom is 0.411 e. The Bertz CT molecular complexity index is 671. The predicted octanol–water partition coefficient (Wildman–Crippen LogP) is 1.99. The number of hydrogen-bond donors (Lipinski definition) is 3. The van der Waals surface area contributed by atoms with Crippen LogP contribution in [0.4, 0.5) is 4.79 Å². The Morgan fingerprint density at radius 3 is 2.12 bits per heavy atom. The third-order valence-corrected chi connectivity index (χ3v) is 3.67. The topological polar surface area (TPSA) is 96.5 Å². The van der Waals surface area contributed by atoms with Crippen molar-refractivity contribution < 1.29 is 19.1 Å². The number of alkyl carbamates (subject to hydrolysis) is 1. The molecule has 0 spiro atoms. The Kier molecular flexibility index (Phi) is 7.54. The summed E-state index contributed by atoms with van der Waals surface area (Å²) < 4.78 is 5.02. The van der Waals surface area contributed by atoms with Gasteiger partial charge >= 0.3 is 6.09 Å². The number of amides is 3. The Labute approximate surface area is 149 Å². The lowest BCUT2D eigenvalue weighted by atomic mass is 10.2. The van der Waals surface area contributed by atoms with E-state index in [9.17, 15) is 14.4 Å². The molecule has 0 fully saturated rings. The molecule has 0 aliphatic rings. The first-order valence-electron chi connectivity index (χ1n) is 6.82. The summed E-state index contributed by atoms with van der Waals surface area (Å²) in [6, 6.07) is 4.81. The highest BCUT2D eigenvalue weighted by atomic mass is 35.5. The van der Waals surface area contributed by atoms with Crippen LogP contribution in [0, 0.1) is 0 Å². The number of halogens is 2. The number of carbonyl (C=O) groups is 3. The average molecular weight is 374 g/mol. The standard InChI is InChI=1S/C15H17Cl2N3O4/c1-8(12(13(21)18-2)14(22)19-3)20-15(23)24-7-9-4-5-10(16)11(17)6-9/h4-6H,7H2,1-3H3,(H,18,21)(H,19,22)(H,20,23). The minimum Gasteiger partial charge on any atom is -0.444 e. The van der Waals surface area contributed by atoms with Gasteiger partial charge in [0, 0.05) is 19.8 Å². The van der Waals surface area contributed by atoms with Gasteiger partial charge in [-0.25, -0.2) is 4.79 Å². The molecule has 1 aromatic rings. The summed E-state index contributed by atoms with van der Waals surface area (Å²) in [4.78, 5) is 35.3. The van der Waals surface area contributed by atoms with Gasteiger partial charge in [-0.1, -0.05) is 29.3 Å². The van der Waals surface area contributed by atoms with E-state index in [-0.39, 0.29) is 17.9 Å². The highest BCUT2D eigenvalue weighted by molar-refractivity contribution is 6.42. The van der Waals surface area contributed by atoms with Crippen molar-refractivity contribution in [1.29, 1.82) is 0 Å². The molecule has 9 heteroatoms. The van der Waals surface area contributed by atoms with Gasteiger partial charge in [-0.3, -0.25) is 14.9 Å². The average Bonchev–Trinajstić information content (AvgIpc) is 2.55. The van der Waals surface area contributed by atoms with Crippen LogP contribution < -0.4 is 16.0 Å². The second-order valence-electron chi connectivity index (χ2n) is 4.61. The van der Waals surface area contributed by atoms with Crippen molar-refractivity contribution in [2.24, 2.45) is 0 Å².